The van der Waals surface area contributed by atoms with Gasteiger partial charge in [-0.25, -0.2) is 0 Å². The Balaban J connectivity index is 1.93. The number of rotatable bonds is 7. The standard InChI is InChI=1S/C20H33N/c1-2-3-8-17-20(18-13-9-7-10-14-18)21-19-15-11-5-4-6-12-16-19/h7,9-10,13-14,19-21H,2-6,8,11-12,15-17H2,1H3. The summed E-state index contributed by atoms with van der Waals surface area (Å²) >= 11 is 0. The van der Waals surface area contributed by atoms with E-state index in [2.05, 4.69) is 42.6 Å². The molecular formula is C20H33N. The SMILES string of the molecule is CCCCCC(NC1CCCCCCC1)c1ccccc1. The van der Waals surface area contributed by atoms with Gasteiger partial charge in [0.05, 0.1) is 0 Å². The molecule has 1 atom stereocenters. The number of hydrogen-bond donors (Lipinski definition) is 1. The summed E-state index contributed by atoms with van der Waals surface area (Å²) in [5, 5.41) is 4.00. The first-order valence-electron chi connectivity index (χ1n) is 9.21. The van der Waals surface area contributed by atoms with E-state index in [0.717, 1.165) is 6.04 Å². The fraction of sp³-hybridized carbons (Fsp3) is 0.700. The highest BCUT2D eigenvalue weighted by Gasteiger charge is 2.17. The molecule has 21 heavy (non-hydrogen) atoms. The van der Waals surface area contributed by atoms with Gasteiger partial charge < -0.3 is 5.32 Å². The molecule has 1 unspecified atom stereocenters. The van der Waals surface area contributed by atoms with Gasteiger partial charge in [0.2, 0.25) is 0 Å². The van der Waals surface area contributed by atoms with Crippen molar-refractivity contribution in [3.8, 4) is 0 Å². The maximum Gasteiger partial charge on any atom is 0.0322 e. The lowest BCUT2D eigenvalue weighted by molar-refractivity contribution is 0.340. The molecule has 0 radical (unpaired) electrons. The summed E-state index contributed by atoms with van der Waals surface area (Å²) in [7, 11) is 0. The van der Waals surface area contributed by atoms with Crippen LogP contribution in [0.5, 0.6) is 0 Å². The molecule has 0 aromatic heterocycles. The summed E-state index contributed by atoms with van der Waals surface area (Å²) in [4.78, 5) is 0. The molecule has 1 saturated carbocycles. The van der Waals surface area contributed by atoms with Crippen LogP contribution in [0.15, 0.2) is 30.3 Å². The van der Waals surface area contributed by atoms with Crippen molar-refractivity contribution in [3.05, 3.63) is 35.9 Å². The first-order valence-corrected chi connectivity index (χ1v) is 9.21. The molecule has 1 N–H and O–H groups in total. The summed E-state index contributed by atoms with van der Waals surface area (Å²) in [6.07, 6.45) is 15.2. The lowest BCUT2D eigenvalue weighted by Gasteiger charge is -2.28. The summed E-state index contributed by atoms with van der Waals surface area (Å²) < 4.78 is 0. The smallest absolute Gasteiger partial charge is 0.0322 e. The van der Waals surface area contributed by atoms with E-state index in [0.29, 0.717) is 6.04 Å². The minimum absolute atomic E-state index is 0.558. The maximum atomic E-state index is 4.00. The molecule has 1 heteroatoms. The van der Waals surface area contributed by atoms with Gasteiger partial charge in [-0.05, 0) is 24.8 Å². The Morgan fingerprint density at radius 3 is 2.29 bits per heavy atom. The quantitative estimate of drug-likeness (QED) is 0.605. The van der Waals surface area contributed by atoms with Crippen LogP contribution in [-0.2, 0) is 0 Å². The van der Waals surface area contributed by atoms with Gasteiger partial charge in [0.1, 0.15) is 0 Å². The van der Waals surface area contributed by atoms with Crippen LogP contribution in [0.3, 0.4) is 0 Å². The van der Waals surface area contributed by atoms with Crippen LogP contribution in [0, 0.1) is 0 Å². The highest BCUT2D eigenvalue weighted by Crippen LogP contribution is 2.24. The second-order valence-corrected chi connectivity index (χ2v) is 6.67. The van der Waals surface area contributed by atoms with Gasteiger partial charge in [-0.1, -0.05) is 88.6 Å². The predicted octanol–water partition coefficient (Wildman–Crippen LogP) is 6.01. The molecule has 0 bridgehead atoms. The molecule has 118 valence electrons. The normalized spacial score (nSPS) is 18.9. The molecule has 1 aliphatic carbocycles. The summed E-state index contributed by atoms with van der Waals surface area (Å²) in [6, 6.07) is 12.4. The molecule has 1 nitrogen and oxygen atoms in total. The Labute approximate surface area is 131 Å². The largest absolute Gasteiger partial charge is 0.307 e. The third kappa shape index (κ3) is 6.22. The number of hydrogen-bond acceptors (Lipinski definition) is 1. The molecule has 1 aromatic rings. The van der Waals surface area contributed by atoms with Crippen LogP contribution in [-0.4, -0.2) is 6.04 Å². The third-order valence-electron chi connectivity index (χ3n) is 4.84. The first kappa shape index (κ1) is 16.5. The average Bonchev–Trinajstić information content (AvgIpc) is 2.49. The van der Waals surface area contributed by atoms with Gasteiger partial charge in [0, 0.05) is 12.1 Å². The zero-order valence-electron chi connectivity index (χ0n) is 13.8. The van der Waals surface area contributed by atoms with E-state index in [9.17, 15) is 0 Å². The van der Waals surface area contributed by atoms with E-state index >= 15 is 0 Å². The van der Waals surface area contributed by atoms with Crippen LogP contribution < -0.4 is 5.32 Å². The van der Waals surface area contributed by atoms with E-state index < -0.39 is 0 Å². The maximum absolute atomic E-state index is 4.00. The topological polar surface area (TPSA) is 12.0 Å². The van der Waals surface area contributed by atoms with Crippen LogP contribution in [0.4, 0.5) is 0 Å². The minimum Gasteiger partial charge on any atom is -0.307 e. The molecule has 2 rings (SSSR count). The van der Waals surface area contributed by atoms with E-state index in [-0.39, 0.29) is 0 Å². The van der Waals surface area contributed by atoms with E-state index in [1.807, 2.05) is 0 Å². The molecule has 1 fully saturated rings. The van der Waals surface area contributed by atoms with Crippen molar-refractivity contribution in [1.29, 1.82) is 0 Å². The van der Waals surface area contributed by atoms with Crippen molar-refractivity contribution < 1.29 is 0 Å². The van der Waals surface area contributed by atoms with Gasteiger partial charge in [-0.3, -0.25) is 0 Å². The van der Waals surface area contributed by atoms with Gasteiger partial charge in [0.25, 0.3) is 0 Å². The van der Waals surface area contributed by atoms with Crippen molar-refractivity contribution in [1.82, 2.24) is 5.32 Å². The van der Waals surface area contributed by atoms with Gasteiger partial charge >= 0.3 is 0 Å². The van der Waals surface area contributed by atoms with Crippen molar-refractivity contribution in [2.75, 3.05) is 0 Å². The highest BCUT2D eigenvalue weighted by atomic mass is 14.9. The summed E-state index contributed by atoms with van der Waals surface area (Å²) in [5.74, 6) is 0. The first-order chi connectivity index (χ1) is 10.4. The zero-order valence-corrected chi connectivity index (χ0v) is 13.8. The van der Waals surface area contributed by atoms with Crippen molar-refractivity contribution in [2.24, 2.45) is 0 Å². The van der Waals surface area contributed by atoms with Crippen LogP contribution >= 0.6 is 0 Å². The molecule has 1 aliphatic rings. The Morgan fingerprint density at radius 1 is 0.952 bits per heavy atom. The van der Waals surface area contributed by atoms with Crippen LogP contribution in [0.25, 0.3) is 0 Å². The minimum atomic E-state index is 0.558. The van der Waals surface area contributed by atoms with E-state index in [1.54, 1.807) is 0 Å². The van der Waals surface area contributed by atoms with E-state index in [4.69, 9.17) is 0 Å². The van der Waals surface area contributed by atoms with Crippen molar-refractivity contribution >= 4 is 0 Å². The molecule has 1 aromatic carbocycles. The highest BCUT2D eigenvalue weighted by molar-refractivity contribution is 5.19. The summed E-state index contributed by atoms with van der Waals surface area (Å²) in [6.45, 7) is 2.29. The molecule has 0 amide bonds. The van der Waals surface area contributed by atoms with Gasteiger partial charge in [-0.15, -0.1) is 0 Å². The molecule has 0 heterocycles. The fourth-order valence-electron chi connectivity index (χ4n) is 3.54. The molecule has 0 spiro atoms. The van der Waals surface area contributed by atoms with E-state index in [1.165, 1.54) is 76.2 Å². The van der Waals surface area contributed by atoms with Crippen LogP contribution in [0.2, 0.25) is 0 Å². The Kier molecular flexibility index (Phi) is 7.88. The predicted molar refractivity (Wildman–Crippen MR) is 92.6 cm³/mol. The average molecular weight is 287 g/mol. The number of benzene rings is 1. The second-order valence-electron chi connectivity index (χ2n) is 6.67. The third-order valence-corrected chi connectivity index (χ3v) is 4.84. The van der Waals surface area contributed by atoms with Crippen molar-refractivity contribution in [3.63, 3.8) is 0 Å². The number of unbranched alkanes of at least 4 members (excludes halogenated alkanes) is 2. The molecule has 0 aliphatic heterocycles. The molecule has 0 saturated heterocycles. The van der Waals surface area contributed by atoms with Gasteiger partial charge in [-0.2, -0.15) is 0 Å². The van der Waals surface area contributed by atoms with Crippen molar-refractivity contribution in [2.45, 2.75) is 89.6 Å². The van der Waals surface area contributed by atoms with Crippen LogP contribution in [0.1, 0.15) is 89.2 Å². The number of nitrogens with one attached hydrogen (secondary N) is 1. The fourth-order valence-corrected chi connectivity index (χ4v) is 3.54. The Hall–Kier alpha value is -0.820. The second kappa shape index (κ2) is 10.00. The Morgan fingerprint density at radius 2 is 1.62 bits per heavy atom. The summed E-state index contributed by atoms with van der Waals surface area (Å²) in [5.41, 5.74) is 1.48. The lowest BCUT2D eigenvalue weighted by Crippen LogP contribution is -2.33. The Bertz CT molecular complexity index is 351. The van der Waals surface area contributed by atoms with Gasteiger partial charge in [0.15, 0.2) is 0 Å². The monoisotopic (exact) mass is 287 g/mol. The molecular weight excluding hydrogens is 254 g/mol. The lowest BCUT2D eigenvalue weighted by atomic mass is 9.94. The zero-order chi connectivity index (χ0) is 14.8.